The van der Waals surface area contributed by atoms with Gasteiger partial charge in [-0.15, -0.1) is 15.3 Å². The molecule has 8 aromatic rings. The van der Waals surface area contributed by atoms with Crippen LogP contribution in [0.4, 0.5) is 0 Å². The Balaban J connectivity index is 0.967. The van der Waals surface area contributed by atoms with Crippen molar-refractivity contribution in [2.75, 3.05) is 13.2 Å². The second-order valence-corrected chi connectivity index (χ2v) is 11.8. The van der Waals surface area contributed by atoms with Gasteiger partial charge in [0.2, 0.25) is 5.76 Å². The molecule has 0 amide bonds. The number of carbonyl (C=O) groups is 2. The maximum Gasteiger partial charge on any atom is 0.376 e. The highest BCUT2D eigenvalue weighted by molar-refractivity contribution is 6.00. The SMILES string of the molecule is CCOC(=O)Cn1cc(-c2ccc(COc3cccc4c3nnn4-c3ccc(-c4cn(-c5c(C(=O)OCC)oc6ccccc56)nn4)cc3)cc2)nn1. The van der Waals surface area contributed by atoms with Crippen LogP contribution >= 0.6 is 0 Å². The van der Waals surface area contributed by atoms with Crippen LogP contribution in [-0.2, 0) is 27.4 Å². The lowest BCUT2D eigenvalue weighted by Gasteiger charge is -2.08. The Hall–Kier alpha value is -7.16. The van der Waals surface area contributed by atoms with Gasteiger partial charge in [0.05, 0.1) is 36.8 Å². The van der Waals surface area contributed by atoms with Gasteiger partial charge in [-0.2, -0.15) is 0 Å². The van der Waals surface area contributed by atoms with Crippen molar-refractivity contribution in [2.24, 2.45) is 0 Å². The molecule has 0 aliphatic heterocycles. The lowest BCUT2D eigenvalue weighted by Crippen LogP contribution is -2.13. The van der Waals surface area contributed by atoms with E-state index in [-0.39, 0.29) is 24.9 Å². The first-order valence-electron chi connectivity index (χ1n) is 16.8. The molecular weight excluding hydrogens is 678 g/mol. The van der Waals surface area contributed by atoms with Crippen LogP contribution in [0, 0.1) is 0 Å². The van der Waals surface area contributed by atoms with Gasteiger partial charge in [0.15, 0.2) is 5.52 Å². The summed E-state index contributed by atoms with van der Waals surface area (Å²) in [5.74, 6) is -0.277. The fourth-order valence-corrected chi connectivity index (χ4v) is 5.88. The first kappa shape index (κ1) is 33.0. The molecule has 4 aromatic carbocycles. The normalized spacial score (nSPS) is 11.3. The van der Waals surface area contributed by atoms with Crippen LogP contribution in [0.25, 0.3) is 55.9 Å². The number of nitrogens with zero attached hydrogens (tertiary/aromatic N) is 9. The number of hydrogen-bond donors (Lipinski definition) is 0. The van der Waals surface area contributed by atoms with Gasteiger partial charge in [0, 0.05) is 16.5 Å². The maximum atomic E-state index is 12.7. The van der Waals surface area contributed by atoms with E-state index in [1.165, 1.54) is 9.36 Å². The largest absolute Gasteiger partial charge is 0.486 e. The Morgan fingerprint density at radius 2 is 1.47 bits per heavy atom. The third kappa shape index (κ3) is 6.58. The van der Waals surface area contributed by atoms with E-state index in [1.807, 2.05) is 84.9 Å². The first-order valence-corrected chi connectivity index (χ1v) is 16.8. The molecule has 53 heavy (non-hydrogen) atoms. The van der Waals surface area contributed by atoms with E-state index in [0.717, 1.165) is 27.9 Å². The molecule has 0 radical (unpaired) electrons. The topological polar surface area (TPSA) is 167 Å². The van der Waals surface area contributed by atoms with Gasteiger partial charge in [0.1, 0.15) is 41.6 Å². The van der Waals surface area contributed by atoms with E-state index >= 15 is 0 Å². The number of carbonyl (C=O) groups excluding carboxylic acids is 2. The Bertz CT molecular complexity index is 2570. The molecule has 0 atom stereocenters. The highest BCUT2D eigenvalue weighted by Crippen LogP contribution is 2.31. The van der Waals surface area contributed by atoms with E-state index in [4.69, 9.17) is 18.6 Å². The summed E-state index contributed by atoms with van der Waals surface area (Å²) in [5, 5.41) is 26.5. The van der Waals surface area contributed by atoms with Gasteiger partial charge >= 0.3 is 11.9 Å². The quantitative estimate of drug-likeness (QED) is 0.136. The van der Waals surface area contributed by atoms with Crippen LogP contribution in [0.2, 0.25) is 0 Å². The summed E-state index contributed by atoms with van der Waals surface area (Å²) in [4.78, 5) is 24.5. The van der Waals surface area contributed by atoms with Gasteiger partial charge in [0.25, 0.3) is 0 Å². The van der Waals surface area contributed by atoms with Gasteiger partial charge in [-0.05, 0) is 55.8 Å². The van der Waals surface area contributed by atoms with Crippen molar-refractivity contribution in [1.29, 1.82) is 0 Å². The molecule has 0 unspecified atom stereocenters. The zero-order valence-corrected chi connectivity index (χ0v) is 28.6. The second-order valence-electron chi connectivity index (χ2n) is 11.8. The van der Waals surface area contributed by atoms with E-state index in [0.29, 0.717) is 52.5 Å². The Morgan fingerprint density at radius 3 is 2.26 bits per heavy atom. The summed E-state index contributed by atoms with van der Waals surface area (Å²) in [6.45, 7) is 4.34. The molecule has 0 aliphatic rings. The third-order valence-electron chi connectivity index (χ3n) is 8.38. The van der Waals surface area contributed by atoms with Crippen LogP contribution in [-0.4, -0.2) is 70.1 Å². The lowest BCUT2D eigenvalue weighted by atomic mass is 10.1. The molecule has 15 nitrogen and oxygen atoms in total. The molecule has 15 heteroatoms. The molecule has 0 saturated heterocycles. The molecular formula is C38H31N9O6. The molecule has 0 spiro atoms. The molecule has 0 fully saturated rings. The number of rotatable bonds is 12. The van der Waals surface area contributed by atoms with Gasteiger partial charge < -0.3 is 18.6 Å². The third-order valence-corrected chi connectivity index (χ3v) is 8.38. The minimum Gasteiger partial charge on any atom is -0.486 e. The molecule has 0 N–H and O–H groups in total. The smallest absolute Gasteiger partial charge is 0.376 e. The van der Waals surface area contributed by atoms with E-state index in [2.05, 4.69) is 30.9 Å². The predicted octanol–water partition coefficient (Wildman–Crippen LogP) is 5.99. The van der Waals surface area contributed by atoms with Gasteiger partial charge in [-0.3, -0.25) is 4.79 Å². The number of hydrogen-bond acceptors (Lipinski definition) is 12. The Morgan fingerprint density at radius 1 is 0.736 bits per heavy atom. The molecule has 0 aliphatic carbocycles. The average molecular weight is 710 g/mol. The number of fused-ring (bicyclic) bond motifs is 2. The minimum absolute atomic E-state index is 0.00503. The second kappa shape index (κ2) is 14.2. The van der Waals surface area contributed by atoms with Crippen molar-refractivity contribution in [1.82, 2.24) is 45.0 Å². The minimum atomic E-state index is -0.573. The lowest BCUT2D eigenvalue weighted by molar-refractivity contribution is -0.144. The van der Waals surface area contributed by atoms with Crippen molar-refractivity contribution in [3.8, 4) is 39.6 Å². The maximum absolute atomic E-state index is 12.7. The zero-order chi connectivity index (χ0) is 36.3. The molecule has 0 bridgehead atoms. The standard InChI is InChI=1S/C38H31N9O6/c1-3-50-34(48)22-45-20-29(39-42-45)25-14-12-24(13-15-25)23-52-33-11-7-9-31-35(33)41-44-47(31)27-18-16-26(17-19-27)30-21-46(43-40-30)36-28-8-5-6-10-32(28)53-37(36)38(49)51-4-2/h5-21H,3-4,22-23H2,1-2H3. The van der Waals surface area contributed by atoms with E-state index < -0.39 is 5.97 Å². The Kier molecular flexibility index (Phi) is 8.86. The number of aromatic nitrogens is 9. The fraction of sp³-hybridized carbons (Fsp3) is 0.158. The van der Waals surface area contributed by atoms with Crippen molar-refractivity contribution >= 4 is 33.9 Å². The molecule has 264 valence electrons. The number of esters is 2. The zero-order valence-electron chi connectivity index (χ0n) is 28.6. The summed E-state index contributed by atoms with van der Waals surface area (Å²) >= 11 is 0. The summed E-state index contributed by atoms with van der Waals surface area (Å²) < 4.78 is 27.0. The van der Waals surface area contributed by atoms with E-state index in [1.54, 1.807) is 37.0 Å². The van der Waals surface area contributed by atoms with Gasteiger partial charge in [-0.25, -0.2) is 18.8 Å². The number of para-hydroxylation sites is 1. The first-order chi connectivity index (χ1) is 26.0. The highest BCUT2D eigenvalue weighted by atomic mass is 16.5. The monoisotopic (exact) mass is 709 g/mol. The van der Waals surface area contributed by atoms with Crippen LogP contribution < -0.4 is 4.74 Å². The summed E-state index contributed by atoms with van der Waals surface area (Å²) in [7, 11) is 0. The van der Waals surface area contributed by atoms with Crippen molar-refractivity contribution in [3.63, 3.8) is 0 Å². The Labute approximate surface area is 301 Å². The van der Waals surface area contributed by atoms with Crippen LogP contribution in [0.3, 0.4) is 0 Å². The van der Waals surface area contributed by atoms with Crippen LogP contribution in [0.15, 0.2) is 108 Å². The van der Waals surface area contributed by atoms with E-state index in [9.17, 15) is 9.59 Å². The summed E-state index contributed by atoms with van der Waals surface area (Å²) in [6.07, 6.45) is 3.45. The number of ether oxygens (including phenoxy) is 3. The predicted molar refractivity (Wildman–Crippen MR) is 191 cm³/mol. The summed E-state index contributed by atoms with van der Waals surface area (Å²) in [5.41, 5.74) is 7.07. The fourth-order valence-electron chi connectivity index (χ4n) is 5.88. The van der Waals surface area contributed by atoms with Crippen molar-refractivity contribution < 1.29 is 28.2 Å². The number of benzene rings is 4. The number of furan rings is 1. The molecule has 4 aromatic heterocycles. The molecule has 0 saturated carbocycles. The molecule has 8 rings (SSSR count). The van der Waals surface area contributed by atoms with Gasteiger partial charge in [-0.1, -0.05) is 70.2 Å². The van der Waals surface area contributed by atoms with Crippen LogP contribution in [0.1, 0.15) is 30.0 Å². The molecule has 4 heterocycles. The van der Waals surface area contributed by atoms with Crippen molar-refractivity contribution in [2.45, 2.75) is 27.0 Å². The van der Waals surface area contributed by atoms with Crippen molar-refractivity contribution in [3.05, 3.63) is 115 Å². The highest BCUT2D eigenvalue weighted by Gasteiger charge is 2.24. The van der Waals surface area contributed by atoms with Crippen LogP contribution in [0.5, 0.6) is 5.75 Å². The average Bonchev–Trinajstić information content (AvgIpc) is 4.00. The summed E-state index contributed by atoms with van der Waals surface area (Å²) in [6, 6.07) is 28.5.